The number of hydrogen-bond donors (Lipinski definition) is 4. The van der Waals surface area contributed by atoms with E-state index in [1.807, 2.05) is 6.92 Å². The Balaban J connectivity index is 1.51. The Kier molecular flexibility index (Phi) is 10.5. The molecule has 1 aliphatic carbocycles. The maximum absolute atomic E-state index is 13.7. The van der Waals surface area contributed by atoms with Gasteiger partial charge >= 0.3 is 12.1 Å². The number of aliphatic hydroxyl groups excluding tert-OH is 1. The molecule has 4 N–H and O–H groups in total. The van der Waals surface area contributed by atoms with E-state index >= 15 is 0 Å². The fourth-order valence-corrected chi connectivity index (χ4v) is 5.36. The number of benzene rings is 2. The number of methoxy groups -OCH3 is 1. The fraction of sp³-hybridized carbons (Fsp3) is 0.516. The van der Waals surface area contributed by atoms with Gasteiger partial charge in [0.1, 0.15) is 17.6 Å². The van der Waals surface area contributed by atoms with Crippen LogP contribution >= 0.6 is 0 Å². The zero-order valence-electron chi connectivity index (χ0n) is 24.9. The highest BCUT2D eigenvalue weighted by Gasteiger charge is 2.34. The van der Waals surface area contributed by atoms with E-state index in [1.54, 1.807) is 73.3 Å². The summed E-state index contributed by atoms with van der Waals surface area (Å²) < 4.78 is 11.6. The molecule has 0 bridgehead atoms. The zero-order valence-corrected chi connectivity index (χ0v) is 24.9. The standard InChI is InChI=1S/C31H43N5O6/c1-20-17-36(21(2)19-37)29(38)26-16-24(33-30(39)32-22-8-6-5-7-9-22)12-15-27(26)42-28(20)18-35(3)31(40)34-23-10-13-25(41-4)14-11-23/h10-16,20-22,28,37H,5-9,17-19H2,1-4H3,(H,34,40)(H2,32,33,39)/t20-,21+,28+/m0/s1. The molecule has 1 aliphatic heterocycles. The second-order valence-electron chi connectivity index (χ2n) is 11.3. The van der Waals surface area contributed by atoms with Crippen LogP contribution in [0.2, 0.25) is 0 Å². The molecular formula is C31H43N5O6. The summed E-state index contributed by atoms with van der Waals surface area (Å²) in [4.78, 5) is 42.5. The molecule has 0 radical (unpaired) electrons. The predicted molar refractivity (Wildman–Crippen MR) is 161 cm³/mol. The molecule has 11 nitrogen and oxygen atoms in total. The Hall–Kier alpha value is -3.99. The number of ether oxygens (including phenoxy) is 2. The molecular weight excluding hydrogens is 538 g/mol. The van der Waals surface area contributed by atoms with E-state index in [0.29, 0.717) is 29.4 Å². The van der Waals surface area contributed by atoms with Gasteiger partial charge < -0.3 is 40.3 Å². The molecule has 11 heteroatoms. The van der Waals surface area contributed by atoms with Crippen LogP contribution in [0.25, 0.3) is 0 Å². The minimum Gasteiger partial charge on any atom is -0.497 e. The van der Waals surface area contributed by atoms with Gasteiger partial charge in [0, 0.05) is 36.9 Å². The Morgan fingerprint density at radius 1 is 1.10 bits per heavy atom. The SMILES string of the molecule is COc1ccc(NC(=O)N(C)C[C@H]2Oc3ccc(NC(=O)NC4CCCCC4)cc3C(=O)N([C@H](C)CO)C[C@@H]2C)cc1. The maximum Gasteiger partial charge on any atom is 0.321 e. The normalized spacial score (nSPS) is 19.8. The summed E-state index contributed by atoms with van der Waals surface area (Å²) >= 11 is 0. The summed E-state index contributed by atoms with van der Waals surface area (Å²) in [6.45, 7) is 4.11. The minimum atomic E-state index is -0.453. The molecule has 1 heterocycles. The summed E-state index contributed by atoms with van der Waals surface area (Å²) in [5.41, 5.74) is 1.38. The number of nitrogens with one attached hydrogen (secondary N) is 3. The van der Waals surface area contributed by atoms with Gasteiger partial charge in [-0.25, -0.2) is 9.59 Å². The number of aliphatic hydroxyl groups is 1. The summed E-state index contributed by atoms with van der Waals surface area (Å²) in [5, 5.41) is 18.7. The van der Waals surface area contributed by atoms with E-state index in [1.165, 1.54) is 6.42 Å². The molecule has 0 spiro atoms. The molecule has 2 aliphatic rings. The Morgan fingerprint density at radius 3 is 2.45 bits per heavy atom. The summed E-state index contributed by atoms with van der Waals surface area (Å²) in [5.74, 6) is 0.593. The third kappa shape index (κ3) is 7.84. The van der Waals surface area contributed by atoms with Crippen molar-refractivity contribution < 1.29 is 29.0 Å². The number of hydrogen-bond acceptors (Lipinski definition) is 6. The number of carbonyl (C=O) groups excluding carboxylic acids is 3. The highest BCUT2D eigenvalue weighted by molar-refractivity contribution is 5.99. The number of rotatable bonds is 8. The predicted octanol–water partition coefficient (Wildman–Crippen LogP) is 4.53. The van der Waals surface area contributed by atoms with Crippen LogP contribution in [0, 0.1) is 5.92 Å². The lowest BCUT2D eigenvalue weighted by molar-refractivity contribution is 0.0371. The van der Waals surface area contributed by atoms with Crippen molar-refractivity contribution in [3.8, 4) is 11.5 Å². The van der Waals surface area contributed by atoms with Gasteiger partial charge in [0.05, 0.1) is 31.9 Å². The minimum absolute atomic E-state index is 0.148. The molecule has 5 amide bonds. The van der Waals surface area contributed by atoms with Gasteiger partial charge in [-0.05, 0) is 62.2 Å². The van der Waals surface area contributed by atoms with Crippen LogP contribution in [0.5, 0.6) is 11.5 Å². The third-order valence-corrected chi connectivity index (χ3v) is 8.00. The smallest absolute Gasteiger partial charge is 0.321 e. The van der Waals surface area contributed by atoms with E-state index in [-0.39, 0.29) is 48.6 Å². The van der Waals surface area contributed by atoms with Crippen molar-refractivity contribution in [2.75, 3.05) is 44.5 Å². The van der Waals surface area contributed by atoms with Gasteiger partial charge in [0.15, 0.2) is 0 Å². The monoisotopic (exact) mass is 581 g/mol. The lowest BCUT2D eigenvalue weighted by Gasteiger charge is -2.38. The molecule has 0 unspecified atom stereocenters. The van der Waals surface area contributed by atoms with Crippen molar-refractivity contribution in [3.63, 3.8) is 0 Å². The summed E-state index contributed by atoms with van der Waals surface area (Å²) in [6, 6.07) is 11.1. The molecule has 42 heavy (non-hydrogen) atoms. The molecule has 4 rings (SSSR count). The number of anilines is 2. The zero-order chi connectivity index (χ0) is 30.2. The van der Waals surface area contributed by atoms with Gasteiger partial charge in [-0.1, -0.05) is 26.2 Å². The summed E-state index contributed by atoms with van der Waals surface area (Å²) in [6.07, 6.45) is 4.87. The second-order valence-corrected chi connectivity index (χ2v) is 11.3. The summed E-state index contributed by atoms with van der Waals surface area (Å²) in [7, 11) is 3.27. The molecule has 228 valence electrons. The van der Waals surface area contributed by atoms with Crippen LogP contribution in [0.3, 0.4) is 0 Å². The van der Waals surface area contributed by atoms with Gasteiger partial charge in [-0.2, -0.15) is 0 Å². The number of carbonyl (C=O) groups is 3. The maximum atomic E-state index is 13.7. The van der Waals surface area contributed by atoms with Gasteiger partial charge in [-0.15, -0.1) is 0 Å². The molecule has 3 atom stereocenters. The third-order valence-electron chi connectivity index (χ3n) is 8.00. The fourth-order valence-electron chi connectivity index (χ4n) is 5.36. The van der Waals surface area contributed by atoms with Crippen LogP contribution in [-0.4, -0.2) is 84.9 Å². The lowest BCUT2D eigenvalue weighted by Crippen LogP contribution is -2.50. The van der Waals surface area contributed by atoms with Crippen LogP contribution in [0.4, 0.5) is 21.0 Å². The van der Waals surface area contributed by atoms with Crippen molar-refractivity contribution in [2.24, 2.45) is 5.92 Å². The van der Waals surface area contributed by atoms with E-state index in [4.69, 9.17) is 9.47 Å². The van der Waals surface area contributed by atoms with Crippen LogP contribution in [0.1, 0.15) is 56.3 Å². The van der Waals surface area contributed by atoms with E-state index in [0.717, 1.165) is 25.7 Å². The van der Waals surface area contributed by atoms with Crippen molar-refractivity contribution in [1.29, 1.82) is 0 Å². The average Bonchev–Trinajstić information content (AvgIpc) is 2.99. The molecule has 2 aromatic carbocycles. The Morgan fingerprint density at radius 2 is 1.79 bits per heavy atom. The number of likely N-dealkylation sites (N-methyl/N-ethyl adjacent to an activating group) is 1. The first-order valence-corrected chi connectivity index (χ1v) is 14.6. The first-order chi connectivity index (χ1) is 20.2. The van der Waals surface area contributed by atoms with E-state index < -0.39 is 12.1 Å². The first kappa shape index (κ1) is 31.0. The Labute approximate surface area is 247 Å². The van der Waals surface area contributed by atoms with Gasteiger partial charge in [0.25, 0.3) is 5.91 Å². The molecule has 1 saturated carbocycles. The van der Waals surface area contributed by atoms with Gasteiger partial charge in [0.2, 0.25) is 0 Å². The quantitative estimate of drug-likeness (QED) is 0.362. The number of urea groups is 2. The Bertz CT molecular complexity index is 1230. The number of amides is 5. The molecule has 0 aromatic heterocycles. The van der Waals surface area contributed by atoms with Crippen molar-refractivity contribution in [3.05, 3.63) is 48.0 Å². The topological polar surface area (TPSA) is 132 Å². The lowest BCUT2D eigenvalue weighted by atomic mass is 9.96. The highest BCUT2D eigenvalue weighted by atomic mass is 16.5. The van der Waals surface area contributed by atoms with Crippen molar-refractivity contribution in [1.82, 2.24) is 15.1 Å². The molecule has 0 saturated heterocycles. The molecule has 2 aromatic rings. The highest BCUT2D eigenvalue weighted by Crippen LogP contribution is 2.31. The average molecular weight is 582 g/mol. The number of fused-ring (bicyclic) bond motifs is 1. The van der Waals surface area contributed by atoms with Crippen LogP contribution < -0.4 is 25.4 Å². The van der Waals surface area contributed by atoms with Crippen LogP contribution in [-0.2, 0) is 0 Å². The first-order valence-electron chi connectivity index (χ1n) is 14.6. The molecule has 1 fully saturated rings. The van der Waals surface area contributed by atoms with Crippen LogP contribution in [0.15, 0.2) is 42.5 Å². The number of nitrogens with zero attached hydrogens (tertiary/aromatic N) is 2. The van der Waals surface area contributed by atoms with Gasteiger partial charge in [-0.3, -0.25) is 4.79 Å². The van der Waals surface area contributed by atoms with E-state index in [2.05, 4.69) is 16.0 Å². The second kappa shape index (κ2) is 14.3. The largest absolute Gasteiger partial charge is 0.497 e. The van der Waals surface area contributed by atoms with Crippen molar-refractivity contribution in [2.45, 2.75) is 64.1 Å². The van der Waals surface area contributed by atoms with E-state index in [9.17, 15) is 19.5 Å². The van der Waals surface area contributed by atoms with Crippen molar-refractivity contribution >= 4 is 29.3 Å².